The van der Waals surface area contributed by atoms with Gasteiger partial charge in [-0.3, -0.25) is 9.69 Å². The zero-order valence-electron chi connectivity index (χ0n) is 25.4. The third kappa shape index (κ3) is 12.0. The summed E-state index contributed by atoms with van der Waals surface area (Å²) >= 11 is 15.5. The maximum absolute atomic E-state index is 12.5. The number of nitrogen functional groups attached to an aromatic ring is 1. The summed E-state index contributed by atoms with van der Waals surface area (Å²) in [5, 5.41) is 4.41. The number of carbonyl (C=O) groups excluding carboxylic acids is 2. The normalized spacial score (nSPS) is 13.1. The standard InChI is InChI=1S/C22H33BrN2O4.C12H9Cl2N/c1-16(26)28-11-7-4-8-12-29-22(27)17-13-18(21(24)20(23)14-17)15-25(2)19-9-5-3-6-10-19;13-10-7-4-8-11(14)12(10)15-9-5-2-1-3-6-9/h13-14,19H,3-12,15,24H2,1-2H3;1-8,15H. The molecule has 3 aromatic carbocycles. The van der Waals surface area contributed by atoms with Gasteiger partial charge < -0.3 is 20.5 Å². The van der Waals surface area contributed by atoms with Crippen LogP contribution in [-0.2, 0) is 20.8 Å². The average Bonchev–Trinajstić information content (AvgIpc) is 3.01. The Morgan fingerprint density at radius 3 is 2.20 bits per heavy atom. The molecule has 1 saturated carbocycles. The van der Waals surface area contributed by atoms with Gasteiger partial charge >= 0.3 is 11.9 Å². The van der Waals surface area contributed by atoms with Crippen LogP contribution in [0.25, 0.3) is 0 Å². The van der Waals surface area contributed by atoms with E-state index in [0.29, 0.717) is 47.1 Å². The van der Waals surface area contributed by atoms with Crippen molar-refractivity contribution in [2.75, 3.05) is 31.3 Å². The molecule has 0 bridgehead atoms. The van der Waals surface area contributed by atoms with Crippen molar-refractivity contribution in [3.8, 4) is 0 Å². The van der Waals surface area contributed by atoms with Gasteiger partial charge in [-0.25, -0.2) is 4.79 Å². The number of hydrogen-bond donors (Lipinski definition) is 2. The van der Waals surface area contributed by atoms with E-state index in [-0.39, 0.29) is 11.9 Å². The molecule has 0 atom stereocenters. The summed E-state index contributed by atoms with van der Waals surface area (Å²) in [6, 6.07) is 19.4. The number of rotatable bonds is 12. The van der Waals surface area contributed by atoms with Crippen molar-refractivity contribution < 1.29 is 19.1 Å². The molecule has 0 aliphatic heterocycles. The van der Waals surface area contributed by atoms with E-state index in [1.807, 2.05) is 42.5 Å². The lowest BCUT2D eigenvalue weighted by Crippen LogP contribution is -2.33. The van der Waals surface area contributed by atoms with Crippen LogP contribution < -0.4 is 11.1 Å². The Morgan fingerprint density at radius 1 is 0.932 bits per heavy atom. The number of benzene rings is 3. The van der Waals surface area contributed by atoms with Gasteiger partial charge in [-0.15, -0.1) is 0 Å². The second-order valence-electron chi connectivity index (χ2n) is 10.9. The fraction of sp³-hybridized carbons (Fsp3) is 0.412. The van der Waals surface area contributed by atoms with E-state index in [1.165, 1.54) is 39.0 Å². The molecule has 0 radical (unpaired) electrons. The first-order valence-corrected chi connectivity index (χ1v) is 16.5. The SMILES string of the molecule is CC(=O)OCCCCCOC(=O)c1cc(Br)c(N)c(CN(C)C2CCCCC2)c1.Clc1cccc(Cl)c1Nc1ccccc1. The van der Waals surface area contributed by atoms with Crippen molar-refractivity contribution >= 4 is 68.1 Å². The summed E-state index contributed by atoms with van der Waals surface area (Å²) in [5.41, 5.74) is 10.1. The zero-order valence-corrected chi connectivity index (χ0v) is 28.5. The minimum Gasteiger partial charge on any atom is -0.466 e. The molecule has 3 aromatic rings. The van der Waals surface area contributed by atoms with Crippen LogP contribution in [0.3, 0.4) is 0 Å². The van der Waals surface area contributed by atoms with Gasteiger partial charge in [-0.05, 0) is 97.0 Å². The fourth-order valence-corrected chi connectivity index (χ4v) is 5.96. The Kier molecular flexibility index (Phi) is 15.3. The van der Waals surface area contributed by atoms with Crippen LogP contribution in [0, 0.1) is 0 Å². The minimum atomic E-state index is -0.341. The Bertz CT molecular complexity index is 1330. The van der Waals surface area contributed by atoms with Gasteiger partial charge in [0, 0.05) is 29.7 Å². The largest absolute Gasteiger partial charge is 0.466 e. The summed E-state index contributed by atoms with van der Waals surface area (Å²) in [5.74, 6) is -0.609. The van der Waals surface area contributed by atoms with Gasteiger partial charge in [0.2, 0.25) is 0 Å². The van der Waals surface area contributed by atoms with Gasteiger partial charge in [-0.1, -0.05) is 66.7 Å². The van der Waals surface area contributed by atoms with Crippen LogP contribution in [0.15, 0.2) is 65.1 Å². The zero-order chi connectivity index (χ0) is 31.9. The van der Waals surface area contributed by atoms with Crippen molar-refractivity contribution in [2.24, 2.45) is 0 Å². The van der Waals surface area contributed by atoms with Crippen molar-refractivity contribution in [1.29, 1.82) is 0 Å². The average molecular weight is 708 g/mol. The number of nitrogens with zero attached hydrogens (tertiary/aromatic N) is 1. The number of para-hydroxylation sites is 2. The molecule has 0 amide bonds. The third-order valence-corrected chi connectivity index (χ3v) is 8.69. The van der Waals surface area contributed by atoms with E-state index >= 15 is 0 Å². The Hall–Kier alpha value is -2.78. The van der Waals surface area contributed by atoms with Crippen LogP contribution >= 0.6 is 39.1 Å². The van der Waals surface area contributed by atoms with Gasteiger partial charge in [0.05, 0.1) is 40.2 Å². The monoisotopic (exact) mass is 705 g/mol. The molecule has 0 spiro atoms. The number of nitrogens with two attached hydrogens (primary N) is 1. The molecule has 4 rings (SSSR count). The lowest BCUT2D eigenvalue weighted by molar-refractivity contribution is -0.141. The van der Waals surface area contributed by atoms with Gasteiger partial charge in [-0.2, -0.15) is 0 Å². The number of anilines is 3. The topological polar surface area (TPSA) is 93.9 Å². The highest BCUT2D eigenvalue weighted by Gasteiger charge is 2.20. The quantitative estimate of drug-likeness (QED) is 0.110. The van der Waals surface area contributed by atoms with E-state index < -0.39 is 0 Å². The third-order valence-electron chi connectivity index (χ3n) is 7.40. The van der Waals surface area contributed by atoms with Gasteiger partial charge in [0.15, 0.2) is 0 Å². The van der Waals surface area contributed by atoms with E-state index in [9.17, 15) is 9.59 Å². The highest BCUT2D eigenvalue weighted by molar-refractivity contribution is 9.10. The number of esters is 2. The molecule has 7 nitrogen and oxygen atoms in total. The molecule has 1 fully saturated rings. The lowest BCUT2D eigenvalue weighted by atomic mass is 9.94. The molecule has 3 N–H and O–H groups in total. The van der Waals surface area contributed by atoms with Crippen molar-refractivity contribution in [3.05, 3.63) is 86.3 Å². The molecule has 1 aliphatic carbocycles. The summed E-state index contributed by atoms with van der Waals surface area (Å²) in [4.78, 5) is 25.5. The second-order valence-corrected chi connectivity index (χ2v) is 12.5. The lowest BCUT2D eigenvalue weighted by Gasteiger charge is -2.31. The molecule has 238 valence electrons. The molecule has 0 aromatic heterocycles. The number of unbranched alkanes of at least 4 members (excludes halogenated alkanes) is 2. The highest BCUT2D eigenvalue weighted by Crippen LogP contribution is 2.32. The minimum absolute atomic E-state index is 0.268. The van der Waals surface area contributed by atoms with E-state index in [0.717, 1.165) is 40.7 Å². The van der Waals surface area contributed by atoms with Crippen LogP contribution in [0.5, 0.6) is 0 Å². The first-order valence-electron chi connectivity index (χ1n) is 15.0. The Balaban J connectivity index is 0.000000293. The van der Waals surface area contributed by atoms with Crippen LogP contribution in [-0.4, -0.2) is 43.1 Å². The van der Waals surface area contributed by atoms with Crippen molar-refractivity contribution in [3.63, 3.8) is 0 Å². The number of carbonyl (C=O) groups is 2. The van der Waals surface area contributed by atoms with E-state index in [4.69, 9.17) is 38.4 Å². The van der Waals surface area contributed by atoms with Crippen LogP contribution in [0.1, 0.15) is 74.2 Å². The molecule has 0 heterocycles. The fourth-order valence-electron chi connectivity index (χ4n) is 4.97. The molecular weight excluding hydrogens is 665 g/mol. The Labute approximate surface area is 279 Å². The number of halogens is 3. The smallest absolute Gasteiger partial charge is 0.338 e. The summed E-state index contributed by atoms with van der Waals surface area (Å²) in [6.07, 6.45) is 8.66. The van der Waals surface area contributed by atoms with Crippen molar-refractivity contribution in [2.45, 2.75) is 70.9 Å². The molecular formula is C34H42BrCl2N3O4. The molecule has 1 aliphatic rings. The van der Waals surface area contributed by atoms with E-state index in [1.54, 1.807) is 18.2 Å². The van der Waals surface area contributed by atoms with Gasteiger partial charge in [0.25, 0.3) is 0 Å². The van der Waals surface area contributed by atoms with Gasteiger partial charge in [0.1, 0.15) is 0 Å². The van der Waals surface area contributed by atoms with E-state index in [2.05, 4.69) is 33.2 Å². The predicted octanol–water partition coefficient (Wildman–Crippen LogP) is 9.42. The number of ether oxygens (including phenoxy) is 2. The summed E-state index contributed by atoms with van der Waals surface area (Å²) < 4.78 is 11.0. The molecule has 0 unspecified atom stereocenters. The predicted molar refractivity (Wildman–Crippen MR) is 184 cm³/mol. The maximum atomic E-state index is 12.5. The first-order chi connectivity index (χ1) is 21.2. The summed E-state index contributed by atoms with van der Waals surface area (Å²) in [7, 11) is 2.13. The Morgan fingerprint density at radius 2 is 1.57 bits per heavy atom. The number of hydrogen-bond acceptors (Lipinski definition) is 7. The number of nitrogens with one attached hydrogen (secondary N) is 1. The van der Waals surface area contributed by atoms with Crippen LogP contribution in [0.2, 0.25) is 10.0 Å². The van der Waals surface area contributed by atoms with Crippen molar-refractivity contribution in [1.82, 2.24) is 4.90 Å². The summed E-state index contributed by atoms with van der Waals surface area (Å²) in [6.45, 7) is 2.87. The maximum Gasteiger partial charge on any atom is 0.338 e. The van der Waals surface area contributed by atoms with Crippen LogP contribution in [0.4, 0.5) is 17.1 Å². The molecule has 44 heavy (non-hydrogen) atoms. The molecule has 0 saturated heterocycles. The second kappa shape index (κ2) is 18.9. The highest BCUT2D eigenvalue weighted by atomic mass is 79.9. The first kappa shape index (κ1) is 35.7. The molecule has 10 heteroatoms.